The quantitative estimate of drug-likeness (QED) is 0.636. The second-order valence-electron chi connectivity index (χ2n) is 3.03. The number of aromatic nitrogens is 1. The molecule has 1 aromatic rings. The summed E-state index contributed by atoms with van der Waals surface area (Å²) in [5.74, 6) is 1.09. The number of anilines is 1. The van der Waals surface area contributed by atoms with Gasteiger partial charge in [0.25, 0.3) is 0 Å². The van der Waals surface area contributed by atoms with Crippen molar-refractivity contribution in [3.8, 4) is 0 Å². The van der Waals surface area contributed by atoms with E-state index >= 15 is 0 Å². The molecule has 1 heterocycles. The molecule has 1 rings (SSSR count). The largest absolute Gasteiger partial charge is 0.388 e. The van der Waals surface area contributed by atoms with Gasteiger partial charge < -0.3 is 10.6 Å². The van der Waals surface area contributed by atoms with Crippen LogP contribution in [0.25, 0.3) is 0 Å². The maximum Gasteiger partial charge on any atom is 0.128 e. The van der Waals surface area contributed by atoms with Gasteiger partial charge in [-0.25, -0.2) is 4.98 Å². The molecule has 0 saturated heterocycles. The van der Waals surface area contributed by atoms with Crippen LogP contribution in [0.2, 0.25) is 0 Å². The van der Waals surface area contributed by atoms with Crippen molar-refractivity contribution in [3.05, 3.63) is 22.8 Å². The van der Waals surface area contributed by atoms with E-state index in [2.05, 4.69) is 20.9 Å². The Labute approximate surface area is 91.8 Å². The second-order valence-corrected chi connectivity index (χ2v) is 3.95. The third kappa shape index (κ3) is 3.33. The number of halogens is 1. The number of rotatable bonds is 4. The van der Waals surface area contributed by atoms with Crippen molar-refractivity contribution < 1.29 is 0 Å². The van der Waals surface area contributed by atoms with Gasteiger partial charge in [-0.2, -0.15) is 0 Å². The molecule has 0 aromatic carbocycles. The monoisotopic (exact) mass is 256 g/mol. The van der Waals surface area contributed by atoms with Gasteiger partial charge in [0, 0.05) is 30.7 Å². The van der Waals surface area contributed by atoms with Crippen molar-refractivity contribution in [2.45, 2.75) is 6.42 Å². The maximum atomic E-state index is 7.11. The number of amidine groups is 1. The first-order chi connectivity index (χ1) is 6.59. The Morgan fingerprint density at radius 3 is 2.86 bits per heavy atom. The average Bonchev–Trinajstić information content (AvgIpc) is 2.15. The number of hydrogen-bond donors (Lipinski definition) is 2. The van der Waals surface area contributed by atoms with Crippen LogP contribution < -0.4 is 10.6 Å². The van der Waals surface area contributed by atoms with Gasteiger partial charge in [-0.15, -0.1) is 0 Å². The molecule has 76 valence electrons. The molecule has 0 bridgehead atoms. The molecule has 0 atom stereocenters. The lowest BCUT2D eigenvalue weighted by molar-refractivity contribution is 0.889. The van der Waals surface area contributed by atoms with Crippen LogP contribution in [0.1, 0.15) is 6.42 Å². The molecule has 0 radical (unpaired) electrons. The molecule has 1 aromatic heterocycles. The van der Waals surface area contributed by atoms with Crippen LogP contribution in [0.15, 0.2) is 22.8 Å². The molecule has 0 saturated carbocycles. The fourth-order valence-corrected chi connectivity index (χ4v) is 1.23. The minimum atomic E-state index is 0.203. The van der Waals surface area contributed by atoms with E-state index in [1.807, 2.05) is 24.1 Å². The molecule has 0 spiro atoms. The van der Waals surface area contributed by atoms with Crippen LogP contribution in [-0.2, 0) is 0 Å². The summed E-state index contributed by atoms with van der Waals surface area (Å²) in [5, 5.41) is 7.11. The zero-order valence-electron chi connectivity index (χ0n) is 8.00. The summed E-state index contributed by atoms with van der Waals surface area (Å²) in [6, 6.07) is 3.86. The first kappa shape index (κ1) is 11.0. The summed E-state index contributed by atoms with van der Waals surface area (Å²) in [6.45, 7) is 0.712. The van der Waals surface area contributed by atoms with E-state index in [1.165, 1.54) is 0 Å². The number of nitrogens with two attached hydrogens (primary N) is 1. The van der Waals surface area contributed by atoms with Crippen LogP contribution in [0.5, 0.6) is 0 Å². The minimum absolute atomic E-state index is 0.203. The lowest BCUT2D eigenvalue weighted by Gasteiger charge is -2.17. The normalized spacial score (nSPS) is 9.86. The summed E-state index contributed by atoms with van der Waals surface area (Å²) in [5.41, 5.74) is 5.27. The van der Waals surface area contributed by atoms with E-state index < -0.39 is 0 Å². The lowest BCUT2D eigenvalue weighted by Crippen LogP contribution is -2.24. The van der Waals surface area contributed by atoms with E-state index in [1.54, 1.807) is 6.20 Å². The molecule has 0 aliphatic rings. The van der Waals surface area contributed by atoms with E-state index in [0.29, 0.717) is 13.0 Å². The van der Waals surface area contributed by atoms with Gasteiger partial charge in [0.05, 0.1) is 5.84 Å². The lowest BCUT2D eigenvalue weighted by atomic mass is 10.3. The van der Waals surface area contributed by atoms with E-state index in [4.69, 9.17) is 11.1 Å². The smallest absolute Gasteiger partial charge is 0.128 e. The van der Waals surface area contributed by atoms with Crippen molar-refractivity contribution in [2.75, 3.05) is 18.5 Å². The summed E-state index contributed by atoms with van der Waals surface area (Å²) >= 11 is 3.32. The molecule has 4 nitrogen and oxygen atoms in total. The highest BCUT2D eigenvalue weighted by atomic mass is 79.9. The van der Waals surface area contributed by atoms with Crippen molar-refractivity contribution in [3.63, 3.8) is 0 Å². The molecule has 0 amide bonds. The molecule has 0 unspecified atom stereocenters. The van der Waals surface area contributed by atoms with Gasteiger partial charge in [-0.05, 0) is 28.1 Å². The first-order valence-corrected chi connectivity index (χ1v) is 5.04. The Morgan fingerprint density at radius 1 is 1.64 bits per heavy atom. The van der Waals surface area contributed by atoms with Crippen LogP contribution in [0.3, 0.4) is 0 Å². The van der Waals surface area contributed by atoms with Gasteiger partial charge >= 0.3 is 0 Å². The van der Waals surface area contributed by atoms with Crippen LogP contribution in [0.4, 0.5) is 5.82 Å². The molecular formula is C9H13BrN4. The van der Waals surface area contributed by atoms with Crippen molar-refractivity contribution in [1.29, 1.82) is 5.41 Å². The Morgan fingerprint density at radius 2 is 2.36 bits per heavy atom. The molecule has 0 aliphatic heterocycles. The fourth-order valence-electron chi connectivity index (χ4n) is 0.997. The fraction of sp³-hybridized carbons (Fsp3) is 0.333. The number of hydrogen-bond acceptors (Lipinski definition) is 3. The van der Waals surface area contributed by atoms with Gasteiger partial charge in [-0.3, -0.25) is 5.41 Å². The van der Waals surface area contributed by atoms with Crippen LogP contribution in [-0.4, -0.2) is 24.4 Å². The Hall–Kier alpha value is -1.10. The predicted octanol–water partition coefficient (Wildman–Crippen LogP) is 1.61. The van der Waals surface area contributed by atoms with Crippen LogP contribution >= 0.6 is 15.9 Å². The zero-order chi connectivity index (χ0) is 10.6. The second kappa shape index (κ2) is 4.95. The molecule has 3 N–H and O–H groups in total. The molecular weight excluding hydrogens is 244 g/mol. The average molecular weight is 257 g/mol. The molecule has 14 heavy (non-hydrogen) atoms. The number of nitrogens with one attached hydrogen (secondary N) is 1. The topological polar surface area (TPSA) is 66.0 Å². The molecule has 5 heteroatoms. The van der Waals surface area contributed by atoms with Gasteiger partial charge in [0.15, 0.2) is 0 Å². The molecule has 0 fully saturated rings. The van der Waals surface area contributed by atoms with Crippen molar-refractivity contribution in [2.24, 2.45) is 5.73 Å². The van der Waals surface area contributed by atoms with E-state index in [-0.39, 0.29) is 5.84 Å². The zero-order valence-corrected chi connectivity index (χ0v) is 9.58. The summed E-state index contributed by atoms with van der Waals surface area (Å²) < 4.78 is 0.959. The maximum absolute atomic E-state index is 7.11. The van der Waals surface area contributed by atoms with E-state index in [0.717, 1.165) is 10.3 Å². The SMILES string of the molecule is CN(CCC(=N)N)c1ccc(Br)cn1. The number of nitrogens with zero attached hydrogens (tertiary/aromatic N) is 2. The predicted molar refractivity (Wildman–Crippen MR) is 61.7 cm³/mol. The third-order valence-corrected chi connectivity index (χ3v) is 2.29. The summed E-state index contributed by atoms with van der Waals surface area (Å²) in [4.78, 5) is 6.19. The van der Waals surface area contributed by atoms with Gasteiger partial charge in [-0.1, -0.05) is 0 Å². The van der Waals surface area contributed by atoms with E-state index in [9.17, 15) is 0 Å². The van der Waals surface area contributed by atoms with Gasteiger partial charge in [0.1, 0.15) is 5.82 Å². The first-order valence-electron chi connectivity index (χ1n) is 4.25. The number of pyridine rings is 1. The van der Waals surface area contributed by atoms with Crippen molar-refractivity contribution >= 4 is 27.6 Å². The highest BCUT2D eigenvalue weighted by Gasteiger charge is 2.01. The Bertz CT molecular complexity index is 309. The summed E-state index contributed by atoms with van der Waals surface area (Å²) in [6.07, 6.45) is 2.31. The minimum Gasteiger partial charge on any atom is -0.388 e. The highest BCUT2D eigenvalue weighted by molar-refractivity contribution is 9.10. The van der Waals surface area contributed by atoms with Gasteiger partial charge in [0.2, 0.25) is 0 Å². The Balaban J connectivity index is 2.56. The standard InChI is InChI=1S/C9H13BrN4/c1-14(5-4-8(11)12)9-3-2-7(10)6-13-9/h2-3,6H,4-5H2,1H3,(H3,11,12). The van der Waals surface area contributed by atoms with Crippen molar-refractivity contribution in [1.82, 2.24) is 4.98 Å². The van der Waals surface area contributed by atoms with Crippen LogP contribution in [0, 0.1) is 5.41 Å². The summed E-state index contributed by atoms with van der Waals surface area (Å²) in [7, 11) is 1.93. The Kier molecular flexibility index (Phi) is 3.88. The highest BCUT2D eigenvalue weighted by Crippen LogP contribution is 2.13. The molecule has 0 aliphatic carbocycles. The third-order valence-electron chi connectivity index (χ3n) is 1.82.